The molecule has 6 heteroatoms. The minimum absolute atomic E-state index is 0.0361. The van der Waals surface area contributed by atoms with Gasteiger partial charge < -0.3 is 15.0 Å². The highest BCUT2D eigenvalue weighted by Gasteiger charge is 2.48. The van der Waals surface area contributed by atoms with E-state index >= 15 is 0 Å². The Kier molecular flexibility index (Phi) is 6.47. The van der Waals surface area contributed by atoms with Gasteiger partial charge in [0, 0.05) is 22.8 Å². The van der Waals surface area contributed by atoms with Crippen molar-refractivity contribution in [1.29, 1.82) is 0 Å². The summed E-state index contributed by atoms with van der Waals surface area (Å²) in [5.74, 6) is 0.414. The molecule has 3 aromatic carbocycles. The number of rotatable bonds is 7. The summed E-state index contributed by atoms with van der Waals surface area (Å²) in [5, 5.41) is 3.48. The Labute approximate surface area is 193 Å². The molecule has 0 radical (unpaired) electrons. The van der Waals surface area contributed by atoms with E-state index in [0.29, 0.717) is 17.1 Å². The van der Waals surface area contributed by atoms with Crippen LogP contribution in [0.15, 0.2) is 72.8 Å². The van der Waals surface area contributed by atoms with Crippen molar-refractivity contribution in [2.75, 3.05) is 17.3 Å². The van der Waals surface area contributed by atoms with Crippen molar-refractivity contribution in [2.45, 2.75) is 25.8 Å². The summed E-state index contributed by atoms with van der Waals surface area (Å²) in [4.78, 5) is 27.4. The Morgan fingerprint density at radius 3 is 2.28 bits per heavy atom. The number of hydrogen-bond acceptors (Lipinski definition) is 3. The number of carbonyl (C=O) groups excluding carboxylic acids is 2. The van der Waals surface area contributed by atoms with Crippen LogP contribution in [0.3, 0.4) is 0 Å². The highest BCUT2D eigenvalue weighted by molar-refractivity contribution is 6.30. The van der Waals surface area contributed by atoms with Gasteiger partial charge in [-0.1, -0.05) is 41.4 Å². The Balaban J connectivity index is 1.50. The molecule has 0 aliphatic carbocycles. The third-order valence-corrected chi connectivity index (χ3v) is 6.05. The van der Waals surface area contributed by atoms with Crippen molar-refractivity contribution in [2.24, 2.45) is 5.92 Å². The number of β-lactam (4-membered cyclic amide) rings is 1. The zero-order valence-corrected chi connectivity index (χ0v) is 18.8. The molecule has 4 rings (SSSR count). The third-order valence-electron chi connectivity index (χ3n) is 5.79. The fourth-order valence-electron chi connectivity index (χ4n) is 4.05. The number of amides is 2. The van der Waals surface area contributed by atoms with Crippen LogP contribution >= 0.6 is 11.6 Å². The minimum atomic E-state index is -0.263. The number of ether oxygens (including phenoxy) is 1. The number of aryl methyl sites for hydroxylation is 1. The van der Waals surface area contributed by atoms with Gasteiger partial charge in [-0.25, -0.2) is 0 Å². The maximum Gasteiger partial charge on any atom is 0.233 e. The van der Waals surface area contributed by atoms with Crippen LogP contribution in [0, 0.1) is 12.8 Å². The Morgan fingerprint density at radius 1 is 1.00 bits per heavy atom. The molecule has 1 aliphatic heterocycles. The molecule has 164 valence electrons. The van der Waals surface area contributed by atoms with Gasteiger partial charge in [-0.05, 0) is 67.4 Å². The smallest absolute Gasteiger partial charge is 0.233 e. The molecule has 5 nitrogen and oxygen atoms in total. The van der Waals surface area contributed by atoms with E-state index in [4.69, 9.17) is 16.3 Å². The molecule has 1 aliphatic rings. The van der Waals surface area contributed by atoms with Crippen molar-refractivity contribution in [3.8, 4) is 5.75 Å². The molecule has 2 amide bonds. The highest BCUT2D eigenvalue weighted by Crippen LogP contribution is 2.45. The van der Waals surface area contributed by atoms with Crippen LogP contribution < -0.4 is 15.0 Å². The van der Waals surface area contributed by atoms with Gasteiger partial charge in [-0.3, -0.25) is 9.59 Å². The predicted molar refractivity (Wildman–Crippen MR) is 127 cm³/mol. The minimum Gasteiger partial charge on any atom is -0.497 e. The highest BCUT2D eigenvalue weighted by atomic mass is 35.5. The van der Waals surface area contributed by atoms with Gasteiger partial charge >= 0.3 is 0 Å². The van der Waals surface area contributed by atoms with Crippen LogP contribution in [0.2, 0.25) is 5.02 Å². The van der Waals surface area contributed by atoms with Crippen LogP contribution in [-0.2, 0) is 9.59 Å². The van der Waals surface area contributed by atoms with Gasteiger partial charge in [-0.2, -0.15) is 0 Å². The molecule has 1 heterocycles. The SMILES string of the molecule is COc1ccc([C@H]2[C@H](CCC(=O)Nc3ccc(Cl)cc3)C(=O)N2c2ccc(C)cc2)cc1. The van der Waals surface area contributed by atoms with Crippen molar-refractivity contribution >= 4 is 34.8 Å². The first-order valence-corrected chi connectivity index (χ1v) is 10.9. The third kappa shape index (κ3) is 4.63. The molecular formula is C26H25ClN2O3. The first kappa shape index (κ1) is 21.9. The first-order valence-electron chi connectivity index (χ1n) is 10.6. The molecule has 0 bridgehead atoms. The topological polar surface area (TPSA) is 58.6 Å². The van der Waals surface area contributed by atoms with E-state index in [9.17, 15) is 9.59 Å². The number of nitrogens with one attached hydrogen (secondary N) is 1. The van der Waals surface area contributed by atoms with Crippen LogP contribution in [0.25, 0.3) is 0 Å². The van der Waals surface area contributed by atoms with Gasteiger partial charge in [0.25, 0.3) is 0 Å². The van der Waals surface area contributed by atoms with Crippen LogP contribution in [-0.4, -0.2) is 18.9 Å². The number of carbonyl (C=O) groups is 2. The zero-order chi connectivity index (χ0) is 22.7. The molecule has 1 fully saturated rings. The lowest BCUT2D eigenvalue weighted by molar-refractivity contribution is -0.131. The second-order valence-electron chi connectivity index (χ2n) is 7.96. The Morgan fingerprint density at radius 2 is 1.66 bits per heavy atom. The van der Waals surface area contributed by atoms with E-state index in [-0.39, 0.29) is 30.2 Å². The van der Waals surface area contributed by atoms with Gasteiger partial charge in [-0.15, -0.1) is 0 Å². The van der Waals surface area contributed by atoms with Crippen LogP contribution in [0.4, 0.5) is 11.4 Å². The maximum absolute atomic E-state index is 13.1. The molecule has 32 heavy (non-hydrogen) atoms. The molecule has 0 aromatic heterocycles. The molecule has 2 atom stereocenters. The number of hydrogen-bond donors (Lipinski definition) is 1. The lowest BCUT2D eigenvalue weighted by Crippen LogP contribution is -2.55. The van der Waals surface area contributed by atoms with E-state index in [0.717, 1.165) is 22.6 Å². The number of methoxy groups -OCH3 is 1. The van der Waals surface area contributed by atoms with E-state index in [1.807, 2.05) is 60.4 Å². The molecule has 3 aromatic rings. The maximum atomic E-state index is 13.1. The van der Waals surface area contributed by atoms with Crippen LogP contribution in [0.5, 0.6) is 5.75 Å². The number of benzene rings is 3. The summed E-state index contributed by atoms with van der Waals surface area (Å²) in [6.45, 7) is 2.02. The normalized spacial score (nSPS) is 17.6. The van der Waals surface area contributed by atoms with E-state index in [1.165, 1.54) is 0 Å². The molecule has 0 unspecified atom stereocenters. The largest absolute Gasteiger partial charge is 0.497 e. The molecule has 1 N–H and O–H groups in total. The lowest BCUT2D eigenvalue weighted by Gasteiger charge is -2.47. The molecule has 1 saturated heterocycles. The van der Waals surface area contributed by atoms with E-state index in [2.05, 4.69) is 5.32 Å². The zero-order valence-electron chi connectivity index (χ0n) is 18.0. The monoisotopic (exact) mass is 448 g/mol. The fourth-order valence-corrected chi connectivity index (χ4v) is 4.17. The van der Waals surface area contributed by atoms with E-state index in [1.54, 1.807) is 31.4 Å². The van der Waals surface area contributed by atoms with E-state index < -0.39 is 0 Å². The summed E-state index contributed by atoms with van der Waals surface area (Å²) in [5.41, 5.74) is 3.71. The van der Waals surface area contributed by atoms with Crippen molar-refractivity contribution in [1.82, 2.24) is 0 Å². The molecular weight excluding hydrogens is 424 g/mol. The van der Waals surface area contributed by atoms with Gasteiger partial charge in [0.15, 0.2) is 0 Å². The van der Waals surface area contributed by atoms with Crippen molar-refractivity contribution < 1.29 is 14.3 Å². The predicted octanol–water partition coefficient (Wildman–Crippen LogP) is 5.78. The van der Waals surface area contributed by atoms with Crippen molar-refractivity contribution in [3.63, 3.8) is 0 Å². The number of anilines is 2. The fraction of sp³-hybridized carbons (Fsp3) is 0.231. The van der Waals surface area contributed by atoms with Gasteiger partial charge in [0.1, 0.15) is 5.75 Å². The number of nitrogens with zero attached hydrogens (tertiary/aromatic N) is 1. The van der Waals surface area contributed by atoms with Gasteiger partial charge in [0.2, 0.25) is 11.8 Å². The summed E-state index contributed by atoms with van der Waals surface area (Å²) >= 11 is 5.90. The van der Waals surface area contributed by atoms with Crippen LogP contribution in [0.1, 0.15) is 30.0 Å². The second-order valence-corrected chi connectivity index (χ2v) is 8.40. The quantitative estimate of drug-likeness (QED) is 0.466. The Bertz CT molecular complexity index is 1100. The second kappa shape index (κ2) is 9.45. The summed E-state index contributed by atoms with van der Waals surface area (Å²) < 4.78 is 5.27. The summed E-state index contributed by atoms with van der Waals surface area (Å²) in [7, 11) is 1.63. The average Bonchev–Trinajstić information content (AvgIpc) is 2.80. The summed E-state index contributed by atoms with van der Waals surface area (Å²) in [6.07, 6.45) is 0.727. The molecule has 0 spiro atoms. The van der Waals surface area contributed by atoms with Crippen molar-refractivity contribution in [3.05, 3.63) is 88.9 Å². The Hall–Kier alpha value is -3.31. The summed E-state index contributed by atoms with van der Waals surface area (Å²) in [6, 6.07) is 22.5. The molecule has 0 saturated carbocycles. The number of halogens is 1. The lowest BCUT2D eigenvalue weighted by atomic mass is 9.79. The van der Waals surface area contributed by atoms with Gasteiger partial charge in [0.05, 0.1) is 19.1 Å². The average molecular weight is 449 g/mol. The first-order chi connectivity index (χ1) is 15.5. The standard InChI is InChI=1S/C26H25ClN2O3/c1-17-3-11-21(12-4-17)29-25(18-5-13-22(32-2)14-6-18)23(26(29)31)15-16-24(30)28-20-9-7-19(27)8-10-20/h3-14,23,25H,15-16H2,1-2H3,(H,28,30)/t23-,25-/m0/s1.